The lowest BCUT2D eigenvalue weighted by molar-refractivity contribution is -0.384. The fourth-order valence-corrected chi connectivity index (χ4v) is 3.67. The lowest BCUT2D eigenvalue weighted by Crippen LogP contribution is -2.49. The van der Waals surface area contributed by atoms with E-state index in [1.54, 1.807) is 41.3 Å². The Morgan fingerprint density at radius 2 is 1.72 bits per heavy atom. The number of fused-ring (bicyclic) bond motifs is 1. The molecule has 1 saturated heterocycles. The molecule has 3 aromatic rings. The van der Waals surface area contributed by atoms with Crippen LogP contribution in [0.25, 0.3) is 11.1 Å². The summed E-state index contributed by atoms with van der Waals surface area (Å²) in [5, 5.41) is 11.2. The number of hydrogen-bond acceptors (Lipinski definition) is 6. The number of nitro benzene ring substituents is 1. The van der Waals surface area contributed by atoms with Crippen molar-refractivity contribution in [1.82, 2.24) is 9.47 Å². The van der Waals surface area contributed by atoms with E-state index in [9.17, 15) is 19.7 Å². The summed E-state index contributed by atoms with van der Waals surface area (Å²) in [4.78, 5) is 39.1. The van der Waals surface area contributed by atoms with Gasteiger partial charge in [0.1, 0.15) is 5.69 Å². The highest BCUT2D eigenvalue weighted by Crippen LogP contribution is 2.28. The number of rotatable bonds is 5. The number of anilines is 1. The van der Waals surface area contributed by atoms with Crippen LogP contribution in [-0.2, 0) is 11.3 Å². The summed E-state index contributed by atoms with van der Waals surface area (Å²) in [5.41, 5.74) is 1.81. The summed E-state index contributed by atoms with van der Waals surface area (Å²) in [7, 11) is 0. The highest BCUT2D eigenvalue weighted by atomic mass is 16.6. The van der Waals surface area contributed by atoms with Crippen LogP contribution in [0, 0.1) is 10.1 Å². The molecule has 0 atom stereocenters. The van der Waals surface area contributed by atoms with E-state index in [0.717, 1.165) is 0 Å². The summed E-state index contributed by atoms with van der Waals surface area (Å²) in [6.07, 6.45) is 0.189. The number of hydrogen-bond donors (Lipinski definition) is 0. The predicted molar refractivity (Wildman–Crippen MR) is 107 cm³/mol. The van der Waals surface area contributed by atoms with E-state index < -0.39 is 5.76 Å². The van der Waals surface area contributed by atoms with Crippen molar-refractivity contribution in [2.24, 2.45) is 0 Å². The van der Waals surface area contributed by atoms with Crippen LogP contribution in [0.5, 0.6) is 0 Å². The Morgan fingerprint density at radius 3 is 2.48 bits per heavy atom. The molecule has 0 bridgehead atoms. The lowest BCUT2D eigenvalue weighted by atomic mass is 10.2. The van der Waals surface area contributed by atoms with Gasteiger partial charge in [-0.25, -0.2) is 4.79 Å². The standard InChI is InChI=1S/C20H20N4O5/c25-19(9-10-23-17-7-3-4-8-18(17)29-20(23)26)22-13-11-21(12-14-22)15-5-1-2-6-16(15)24(27)28/h1-8H,9-14H2. The number of nitro groups is 1. The van der Waals surface area contributed by atoms with Gasteiger partial charge >= 0.3 is 5.76 Å². The van der Waals surface area contributed by atoms with Gasteiger partial charge in [-0.1, -0.05) is 24.3 Å². The Morgan fingerprint density at radius 1 is 1.03 bits per heavy atom. The first-order valence-corrected chi connectivity index (χ1v) is 9.39. The number of piperazine rings is 1. The minimum Gasteiger partial charge on any atom is -0.408 e. The maximum atomic E-state index is 12.6. The van der Waals surface area contributed by atoms with Gasteiger partial charge in [0.25, 0.3) is 5.69 Å². The van der Waals surface area contributed by atoms with Crippen molar-refractivity contribution < 1.29 is 14.1 Å². The van der Waals surface area contributed by atoms with E-state index in [4.69, 9.17) is 4.42 Å². The highest BCUT2D eigenvalue weighted by Gasteiger charge is 2.25. The molecule has 0 spiro atoms. The maximum absolute atomic E-state index is 12.6. The topological polar surface area (TPSA) is 102 Å². The van der Waals surface area contributed by atoms with Crippen molar-refractivity contribution in [3.8, 4) is 0 Å². The molecule has 0 saturated carbocycles. The van der Waals surface area contributed by atoms with Crippen molar-refractivity contribution in [2.75, 3.05) is 31.1 Å². The summed E-state index contributed by atoms with van der Waals surface area (Å²) in [6, 6.07) is 13.7. The molecule has 0 N–H and O–H groups in total. The van der Waals surface area contributed by atoms with Crippen molar-refractivity contribution in [2.45, 2.75) is 13.0 Å². The largest absolute Gasteiger partial charge is 0.419 e. The minimum absolute atomic E-state index is 0.0515. The third-order valence-corrected chi connectivity index (χ3v) is 5.17. The first-order chi connectivity index (χ1) is 14.0. The first kappa shape index (κ1) is 18.7. The Balaban J connectivity index is 1.38. The van der Waals surface area contributed by atoms with Gasteiger partial charge < -0.3 is 14.2 Å². The third kappa shape index (κ3) is 3.71. The van der Waals surface area contributed by atoms with Gasteiger partial charge in [0.05, 0.1) is 10.4 Å². The Kier molecular flexibility index (Phi) is 5.03. The summed E-state index contributed by atoms with van der Waals surface area (Å²) < 4.78 is 6.66. The second-order valence-electron chi connectivity index (χ2n) is 6.85. The van der Waals surface area contributed by atoms with Crippen LogP contribution < -0.4 is 10.7 Å². The molecule has 2 heterocycles. The van der Waals surface area contributed by atoms with Crippen molar-refractivity contribution >= 4 is 28.4 Å². The molecule has 0 radical (unpaired) electrons. The zero-order chi connectivity index (χ0) is 20.4. The molecule has 1 fully saturated rings. The number of carbonyl (C=O) groups is 1. The van der Waals surface area contributed by atoms with Crippen LogP contribution in [0.1, 0.15) is 6.42 Å². The Labute approximate surface area is 165 Å². The van der Waals surface area contributed by atoms with Crippen LogP contribution in [0.4, 0.5) is 11.4 Å². The second kappa shape index (κ2) is 7.78. The molecule has 0 aliphatic carbocycles. The Hall–Kier alpha value is -3.62. The van der Waals surface area contributed by atoms with Gasteiger partial charge in [0, 0.05) is 45.2 Å². The van der Waals surface area contributed by atoms with Crippen LogP contribution in [0.15, 0.2) is 57.7 Å². The zero-order valence-corrected chi connectivity index (χ0v) is 15.7. The number of benzene rings is 2. The molecule has 9 heteroatoms. The third-order valence-electron chi connectivity index (χ3n) is 5.17. The predicted octanol–water partition coefficient (Wildman–Crippen LogP) is 2.24. The van der Waals surface area contributed by atoms with E-state index in [1.807, 2.05) is 11.0 Å². The van der Waals surface area contributed by atoms with Gasteiger partial charge in [-0.2, -0.15) is 0 Å². The molecule has 1 aromatic heterocycles. The zero-order valence-electron chi connectivity index (χ0n) is 15.7. The van der Waals surface area contributed by atoms with Crippen LogP contribution in [0.2, 0.25) is 0 Å². The molecule has 1 amide bonds. The van der Waals surface area contributed by atoms with Crippen LogP contribution in [-0.4, -0.2) is 46.5 Å². The van der Waals surface area contributed by atoms with E-state index in [1.165, 1.54) is 10.6 Å². The number of aryl methyl sites for hydroxylation is 1. The molecular formula is C20H20N4O5. The molecule has 2 aromatic carbocycles. The average molecular weight is 396 g/mol. The molecule has 1 aliphatic heterocycles. The molecule has 0 unspecified atom stereocenters. The van der Waals surface area contributed by atoms with Gasteiger partial charge in [0.15, 0.2) is 5.58 Å². The van der Waals surface area contributed by atoms with E-state index in [-0.39, 0.29) is 29.5 Å². The molecule has 29 heavy (non-hydrogen) atoms. The molecule has 9 nitrogen and oxygen atoms in total. The molecule has 1 aliphatic rings. The fourth-order valence-electron chi connectivity index (χ4n) is 3.67. The smallest absolute Gasteiger partial charge is 0.408 e. The van der Waals surface area contributed by atoms with Crippen LogP contribution >= 0.6 is 0 Å². The molecular weight excluding hydrogens is 376 g/mol. The lowest BCUT2D eigenvalue weighted by Gasteiger charge is -2.35. The number of para-hydroxylation sites is 4. The number of nitrogens with zero attached hydrogens (tertiary/aromatic N) is 4. The monoisotopic (exact) mass is 396 g/mol. The number of amides is 1. The van der Waals surface area contributed by atoms with E-state index in [0.29, 0.717) is 43.0 Å². The van der Waals surface area contributed by atoms with Crippen molar-refractivity contribution in [3.63, 3.8) is 0 Å². The average Bonchev–Trinajstić information content (AvgIpc) is 3.07. The van der Waals surface area contributed by atoms with Gasteiger partial charge in [0.2, 0.25) is 5.91 Å². The van der Waals surface area contributed by atoms with Crippen LogP contribution in [0.3, 0.4) is 0 Å². The first-order valence-electron chi connectivity index (χ1n) is 9.39. The van der Waals surface area contributed by atoms with E-state index >= 15 is 0 Å². The van der Waals surface area contributed by atoms with Gasteiger partial charge in [-0.3, -0.25) is 19.5 Å². The van der Waals surface area contributed by atoms with Gasteiger partial charge in [-0.15, -0.1) is 0 Å². The van der Waals surface area contributed by atoms with Crippen molar-refractivity contribution in [1.29, 1.82) is 0 Å². The second-order valence-corrected chi connectivity index (χ2v) is 6.85. The summed E-state index contributed by atoms with van der Waals surface area (Å²) in [5.74, 6) is -0.524. The number of oxazole rings is 1. The summed E-state index contributed by atoms with van der Waals surface area (Å²) >= 11 is 0. The molecule has 150 valence electrons. The minimum atomic E-state index is -0.472. The quantitative estimate of drug-likeness (QED) is 0.484. The summed E-state index contributed by atoms with van der Waals surface area (Å²) in [6.45, 7) is 2.24. The van der Waals surface area contributed by atoms with Gasteiger partial charge in [-0.05, 0) is 18.2 Å². The molecule has 4 rings (SSSR count). The number of carbonyl (C=O) groups excluding carboxylic acids is 1. The normalized spacial score (nSPS) is 14.3. The maximum Gasteiger partial charge on any atom is 0.419 e. The highest BCUT2D eigenvalue weighted by molar-refractivity contribution is 5.77. The SMILES string of the molecule is O=C(CCn1c(=O)oc2ccccc21)N1CCN(c2ccccc2[N+](=O)[O-])CC1. The Bertz CT molecular complexity index is 1110. The van der Waals surface area contributed by atoms with Crippen molar-refractivity contribution in [3.05, 3.63) is 69.2 Å². The van der Waals surface area contributed by atoms with E-state index in [2.05, 4.69) is 0 Å². The fraction of sp³-hybridized carbons (Fsp3) is 0.300. The number of aromatic nitrogens is 1.